The molecule has 0 aromatic carbocycles. The van der Waals surface area contributed by atoms with Gasteiger partial charge in [0.15, 0.2) is 5.82 Å². The van der Waals surface area contributed by atoms with Crippen LogP contribution in [0.5, 0.6) is 0 Å². The topological polar surface area (TPSA) is 111 Å². The number of morpholine rings is 1. The summed E-state index contributed by atoms with van der Waals surface area (Å²) >= 11 is 0. The van der Waals surface area contributed by atoms with Crippen LogP contribution in [-0.2, 0) is 19.1 Å². The molecule has 3 amide bonds. The lowest BCUT2D eigenvalue weighted by Crippen LogP contribution is -2.52. The van der Waals surface area contributed by atoms with Gasteiger partial charge in [0.2, 0.25) is 17.7 Å². The third kappa shape index (κ3) is 5.84. The molecule has 1 atom stereocenters. The third-order valence-electron chi connectivity index (χ3n) is 6.30. The summed E-state index contributed by atoms with van der Waals surface area (Å²) in [6.45, 7) is 9.63. The van der Waals surface area contributed by atoms with E-state index in [0.29, 0.717) is 57.3 Å². The number of hydrogen-bond acceptors (Lipinski definition) is 8. The fourth-order valence-electron chi connectivity index (χ4n) is 4.44. The fraction of sp³-hybridized carbons (Fsp3) is 0.714. The van der Waals surface area contributed by atoms with Crippen molar-refractivity contribution in [2.45, 2.75) is 13.3 Å². The molecule has 1 aromatic rings. The molecule has 3 saturated heterocycles. The van der Waals surface area contributed by atoms with Crippen molar-refractivity contribution in [2.75, 3.05) is 84.0 Å². The van der Waals surface area contributed by atoms with Gasteiger partial charge in [0.25, 0.3) is 0 Å². The lowest BCUT2D eigenvalue weighted by Gasteiger charge is -2.35. The van der Waals surface area contributed by atoms with Gasteiger partial charge in [-0.1, -0.05) is 5.16 Å². The second kappa shape index (κ2) is 10.4. The van der Waals surface area contributed by atoms with Crippen LogP contribution in [0.15, 0.2) is 10.6 Å². The fourth-order valence-corrected chi connectivity index (χ4v) is 4.44. The number of nitrogens with one attached hydrogen (secondary N) is 1. The zero-order valence-electron chi connectivity index (χ0n) is 18.6. The Kier molecular flexibility index (Phi) is 7.38. The van der Waals surface area contributed by atoms with Crippen molar-refractivity contribution in [1.29, 1.82) is 0 Å². The first-order chi connectivity index (χ1) is 15.5. The van der Waals surface area contributed by atoms with E-state index in [4.69, 9.17) is 9.26 Å². The van der Waals surface area contributed by atoms with Crippen LogP contribution in [0.4, 0.5) is 5.82 Å². The first kappa shape index (κ1) is 22.7. The molecule has 1 aromatic heterocycles. The van der Waals surface area contributed by atoms with E-state index >= 15 is 0 Å². The molecular formula is C21H32N6O5. The highest BCUT2D eigenvalue weighted by atomic mass is 16.5. The molecule has 4 heterocycles. The van der Waals surface area contributed by atoms with Gasteiger partial charge in [0.05, 0.1) is 25.7 Å². The van der Waals surface area contributed by atoms with Crippen LogP contribution >= 0.6 is 0 Å². The number of anilines is 1. The summed E-state index contributed by atoms with van der Waals surface area (Å²) in [4.78, 5) is 45.6. The molecule has 3 aliphatic heterocycles. The molecule has 3 aliphatic rings. The number of piperazine rings is 1. The number of rotatable bonds is 7. The van der Waals surface area contributed by atoms with Crippen LogP contribution in [0.1, 0.15) is 12.2 Å². The van der Waals surface area contributed by atoms with E-state index in [1.54, 1.807) is 13.0 Å². The average Bonchev–Trinajstić information content (AvgIpc) is 3.37. The Morgan fingerprint density at radius 3 is 2.53 bits per heavy atom. The SMILES string of the molecule is Cc1cc(NC(=O)CN2CCN(C(=O)[C@@H]3CC(=O)N(CCN4CCOCC4)C3)CC2)no1. The highest BCUT2D eigenvalue weighted by Crippen LogP contribution is 2.21. The van der Waals surface area contributed by atoms with Crippen molar-refractivity contribution >= 4 is 23.5 Å². The molecule has 32 heavy (non-hydrogen) atoms. The molecule has 0 bridgehead atoms. The summed E-state index contributed by atoms with van der Waals surface area (Å²) in [5.74, 6) is 0.736. The largest absolute Gasteiger partial charge is 0.379 e. The van der Waals surface area contributed by atoms with E-state index in [2.05, 4.69) is 15.4 Å². The predicted octanol–water partition coefficient (Wildman–Crippen LogP) is -0.754. The number of carbonyl (C=O) groups is 3. The summed E-state index contributed by atoms with van der Waals surface area (Å²) in [5, 5.41) is 6.48. The normalized spacial score (nSPS) is 23.0. The monoisotopic (exact) mass is 448 g/mol. The standard InChI is InChI=1S/C21H32N6O5/c1-16-12-18(23-32-16)22-19(28)15-25-3-5-26(6-4-25)21(30)17-13-20(29)27(14-17)7-2-24-8-10-31-11-9-24/h12,17H,2-11,13-15H2,1H3,(H,22,23,28)/t17-/m1/s1. The average molecular weight is 449 g/mol. The molecule has 0 unspecified atom stereocenters. The summed E-state index contributed by atoms with van der Waals surface area (Å²) in [6.07, 6.45) is 0.293. The number of amides is 3. The lowest BCUT2D eigenvalue weighted by molar-refractivity contribution is -0.137. The van der Waals surface area contributed by atoms with Gasteiger partial charge in [0.1, 0.15) is 5.76 Å². The highest BCUT2D eigenvalue weighted by Gasteiger charge is 2.37. The zero-order valence-corrected chi connectivity index (χ0v) is 18.6. The Hall–Kier alpha value is -2.50. The Labute approximate surface area is 187 Å². The van der Waals surface area contributed by atoms with Crippen molar-refractivity contribution in [3.63, 3.8) is 0 Å². The van der Waals surface area contributed by atoms with Crippen molar-refractivity contribution < 1.29 is 23.6 Å². The second-order valence-corrected chi connectivity index (χ2v) is 8.67. The molecular weight excluding hydrogens is 416 g/mol. The second-order valence-electron chi connectivity index (χ2n) is 8.67. The molecule has 0 spiro atoms. The third-order valence-corrected chi connectivity index (χ3v) is 6.30. The Bertz CT molecular complexity index is 815. The Morgan fingerprint density at radius 2 is 1.84 bits per heavy atom. The minimum Gasteiger partial charge on any atom is -0.379 e. The van der Waals surface area contributed by atoms with Gasteiger partial charge < -0.3 is 24.4 Å². The molecule has 4 rings (SSSR count). The molecule has 3 fully saturated rings. The van der Waals surface area contributed by atoms with E-state index in [0.717, 1.165) is 32.8 Å². The maximum atomic E-state index is 13.0. The Morgan fingerprint density at radius 1 is 1.09 bits per heavy atom. The maximum absolute atomic E-state index is 13.0. The molecule has 0 aliphatic carbocycles. The van der Waals surface area contributed by atoms with Gasteiger partial charge in [-0.3, -0.25) is 24.2 Å². The van der Waals surface area contributed by atoms with Crippen LogP contribution in [0.2, 0.25) is 0 Å². The molecule has 1 N–H and O–H groups in total. The molecule has 11 heteroatoms. The summed E-state index contributed by atoms with van der Waals surface area (Å²) in [6, 6.07) is 1.67. The number of aromatic nitrogens is 1. The lowest BCUT2D eigenvalue weighted by atomic mass is 10.1. The van der Waals surface area contributed by atoms with Gasteiger partial charge in [0, 0.05) is 71.4 Å². The summed E-state index contributed by atoms with van der Waals surface area (Å²) < 4.78 is 10.3. The van der Waals surface area contributed by atoms with E-state index in [-0.39, 0.29) is 30.2 Å². The van der Waals surface area contributed by atoms with Crippen molar-refractivity contribution in [1.82, 2.24) is 24.8 Å². The van der Waals surface area contributed by atoms with Crippen molar-refractivity contribution in [2.24, 2.45) is 5.92 Å². The number of aryl methyl sites for hydroxylation is 1. The number of nitrogens with zero attached hydrogens (tertiary/aromatic N) is 5. The Balaban J connectivity index is 1.17. The van der Waals surface area contributed by atoms with Gasteiger partial charge in [-0.15, -0.1) is 0 Å². The minimum absolute atomic E-state index is 0.0504. The van der Waals surface area contributed by atoms with Crippen molar-refractivity contribution in [3.8, 4) is 0 Å². The van der Waals surface area contributed by atoms with Gasteiger partial charge in [-0.05, 0) is 6.92 Å². The van der Waals surface area contributed by atoms with E-state index in [9.17, 15) is 14.4 Å². The van der Waals surface area contributed by atoms with Gasteiger partial charge in [-0.25, -0.2) is 0 Å². The van der Waals surface area contributed by atoms with Gasteiger partial charge >= 0.3 is 0 Å². The first-order valence-corrected chi connectivity index (χ1v) is 11.3. The quantitative estimate of drug-likeness (QED) is 0.580. The first-order valence-electron chi connectivity index (χ1n) is 11.3. The predicted molar refractivity (Wildman–Crippen MR) is 115 cm³/mol. The summed E-state index contributed by atoms with van der Waals surface area (Å²) in [5.41, 5.74) is 0. The smallest absolute Gasteiger partial charge is 0.239 e. The number of likely N-dealkylation sites (tertiary alicyclic amines) is 1. The van der Waals surface area contributed by atoms with Gasteiger partial charge in [-0.2, -0.15) is 0 Å². The van der Waals surface area contributed by atoms with Crippen LogP contribution in [0.3, 0.4) is 0 Å². The number of hydrogen-bond donors (Lipinski definition) is 1. The minimum atomic E-state index is -0.266. The molecule has 0 saturated carbocycles. The highest BCUT2D eigenvalue weighted by molar-refractivity contribution is 5.91. The van der Waals surface area contributed by atoms with Crippen LogP contribution in [0.25, 0.3) is 0 Å². The molecule has 176 valence electrons. The maximum Gasteiger partial charge on any atom is 0.239 e. The van der Waals surface area contributed by atoms with Crippen LogP contribution < -0.4 is 5.32 Å². The number of carbonyl (C=O) groups excluding carboxylic acids is 3. The van der Waals surface area contributed by atoms with Crippen LogP contribution in [0, 0.1) is 12.8 Å². The van der Waals surface area contributed by atoms with E-state index < -0.39 is 0 Å². The summed E-state index contributed by atoms with van der Waals surface area (Å²) in [7, 11) is 0. The van der Waals surface area contributed by atoms with E-state index in [1.807, 2.05) is 14.7 Å². The zero-order chi connectivity index (χ0) is 22.5. The van der Waals surface area contributed by atoms with Crippen LogP contribution in [-0.4, -0.2) is 121 Å². The molecule has 0 radical (unpaired) electrons. The number of ether oxygens (including phenoxy) is 1. The van der Waals surface area contributed by atoms with Crippen molar-refractivity contribution in [3.05, 3.63) is 11.8 Å². The van der Waals surface area contributed by atoms with E-state index in [1.165, 1.54) is 0 Å². The molecule has 11 nitrogen and oxygen atoms in total.